The Morgan fingerprint density at radius 2 is 2.26 bits per heavy atom. The molecule has 2 unspecified atom stereocenters. The van der Waals surface area contributed by atoms with E-state index in [-0.39, 0.29) is 23.1 Å². The number of aromatic nitrogens is 2. The van der Waals surface area contributed by atoms with Crippen LogP contribution in [0.1, 0.15) is 37.9 Å². The Morgan fingerprint density at radius 3 is 2.91 bits per heavy atom. The molecule has 6 heteroatoms. The largest absolute Gasteiger partial charge is 0.308 e. The van der Waals surface area contributed by atoms with Crippen molar-refractivity contribution >= 4 is 28.3 Å². The minimum absolute atomic E-state index is 0.0975. The fraction of sp³-hybridized carbons (Fsp3) is 0.412. The second kappa shape index (κ2) is 6.13. The molecule has 1 N–H and O–H groups in total. The van der Waals surface area contributed by atoms with E-state index in [0.717, 1.165) is 12.8 Å². The number of halogens is 1. The molecule has 118 valence electrons. The van der Waals surface area contributed by atoms with Crippen LogP contribution in [-0.2, 0) is 4.79 Å². The number of ketones is 1. The minimum atomic E-state index is -1.05. The molecule has 1 saturated carbocycles. The van der Waals surface area contributed by atoms with E-state index >= 15 is 0 Å². The molecule has 23 heavy (non-hydrogen) atoms. The third-order valence-corrected chi connectivity index (χ3v) is 4.60. The average Bonchev–Trinajstić information content (AvgIpc) is 3.32. The normalized spacial score (nSPS) is 16.7. The number of rotatable bonds is 5. The number of aromatic amines is 1. The van der Waals surface area contributed by atoms with Gasteiger partial charge in [-0.15, -0.1) is 0 Å². The monoisotopic (exact) mass is 329 g/mol. The lowest BCUT2D eigenvalue weighted by atomic mass is 9.92. The zero-order chi connectivity index (χ0) is 16.6. The molecule has 1 heterocycles. The summed E-state index contributed by atoms with van der Waals surface area (Å²) in [4.78, 5) is 31.4. The van der Waals surface area contributed by atoms with E-state index in [9.17, 15) is 14.9 Å². The number of benzene rings is 1. The van der Waals surface area contributed by atoms with Gasteiger partial charge in [-0.25, -0.2) is 4.98 Å². The second-order valence-electron chi connectivity index (χ2n) is 6.16. The third-order valence-electron chi connectivity index (χ3n) is 4.36. The van der Waals surface area contributed by atoms with Crippen molar-refractivity contribution < 1.29 is 4.79 Å². The van der Waals surface area contributed by atoms with Crippen LogP contribution in [0.5, 0.6) is 0 Å². The summed E-state index contributed by atoms with van der Waals surface area (Å²) in [5.41, 5.74) is 0.0181. The number of nitrogens with one attached hydrogen (secondary N) is 1. The van der Waals surface area contributed by atoms with E-state index in [1.807, 2.05) is 13.0 Å². The Balaban J connectivity index is 1.94. The lowest BCUT2D eigenvalue weighted by molar-refractivity contribution is -0.120. The molecule has 0 radical (unpaired) electrons. The van der Waals surface area contributed by atoms with Gasteiger partial charge in [-0.2, -0.15) is 5.26 Å². The van der Waals surface area contributed by atoms with Crippen molar-refractivity contribution in [3.8, 4) is 6.07 Å². The van der Waals surface area contributed by atoms with Gasteiger partial charge in [0, 0.05) is 11.4 Å². The minimum Gasteiger partial charge on any atom is -0.308 e. The van der Waals surface area contributed by atoms with Crippen molar-refractivity contribution in [3.63, 3.8) is 0 Å². The molecule has 0 spiro atoms. The van der Waals surface area contributed by atoms with Gasteiger partial charge in [-0.05, 0) is 42.9 Å². The standard InChI is InChI=1S/C17H16ClN3O2/c1-9(10-2-3-10)6-15(22)13(8-19)16-20-14-7-11(18)4-5-12(14)17(23)21-16/h4-5,7,9-10,13H,2-3,6H2,1H3,(H,20,21,23). The summed E-state index contributed by atoms with van der Waals surface area (Å²) in [6.45, 7) is 2.03. The topological polar surface area (TPSA) is 86.6 Å². The van der Waals surface area contributed by atoms with E-state index < -0.39 is 5.92 Å². The maximum atomic E-state index is 12.4. The van der Waals surface area contributed by atoms with E-state index in [4.69, 9.17) is 11.6 Å². The molecule has 0 aliphatic heterocycles. The molecule has 5 nitrogen and oxygen atoms in total. The number of nitriles is 1. The van der Waals surface area contributed by atoms with E-state index in [0.29, 0.717) is 28.3 Å². The van der Waals surface area contributed by atoms with Crippen molar-refractivity contribution in [2.24, 2.45) is 11.8 Å². The summed E-state index contributed by atoms with van der Waals surface area (Å²) in [6.07, 6.45) is 2.63. The number of carbonyl (C=O) groups is 1. The van der Waals surface area contributed by atoms with Gasteiger partial charge >= 0.3 is 0 Å². The van der Waals surface area contributed by atoms with Crippen molar-refractivity contribution in [2.45, 2.75) is 32.1 Å². The molecule has 0 bridgehead atoms. The maximum absolute atomic E-state index is 12.4. The van der Waals surface area contributed by atoms with Crippen LogP contribution < -0.4 is 5.56 Å². The van der Waals surface area contributed by atoms with Crippen molar-refractivity contribution in [1.29, 1.82) is 5.26 Å². The molecule has 1 aliphatic carbocycles. The van der Waals surface area contributed by atoms with Crippen LogP contribution in [-0.4, -0.2) is 15.8 Å². The van der Waals surface area contributed by atoms with Crippen LogP contribution in [0.25, 0.3) is 10.9 Å². The van der Waals surface area contributed by atoms with Crippen LogP contribution in [0.3, 0.4) is 0 Å². The molecule has 2 aromatic rings. The Kier molecular flexibility index (Phi) is 4.18. The molecule has 1 aliphatic rings. The highest BCUT2D eigenvalue weighted by Gasteiger charge is 2.32. The predicted molar refractivity (Wildman–Crippen MR) is 87.2 cm³/mol. The first-order valence-corrected chi connectivity index (χ1v) is 7.99. The molecule has 0 saturated heterocycles. The smallest absolute Gasteiger partial charge is 0.258 e. The van der Waals surface area contributed by atoms with Crippen molar-refractivity contribution in [2.75, 3.05) is 0 Å². The van der Waals surface area contributed by atoms with Gasteiger partial charge < -0.3 is 4.98 Å². The van der Waals surface area contributed by atoms with Gasteiger partial charge in [-0.1, -0.05) is 18.5 Å². The highest BCUT2D eigenvalue weighted by Crippen LogP contribution is 2.39. The summed E-state index contributed by atoms with van der Waals surface area (Å²) in [6, 6.07) is 6.71. The Labute approximate surface area is 138 Å². The van der Waals surface area contributed by atoms with Crippen LogP contribution in [0.15, 0.2) is 23.0 Å². The average molecular weight is 330 g/mol. The summed E-state index contributed by atoms with van der Waals surface area (Å²) in [5.74, 6) is -0.301. The highest BCUT2D eigenvalue weighted by atomic mass is 35.5. The fourth-order valence-electron chi connectivity index (χ4n) is 2.82. The van der Waals surface area contributed by atoms with Crippen molar-refractivity contribution in [1.82, 2.24) is 9.97 Å². The molecule has 1 aromatic heterocycles. The SMILES string of the molecule is CC(CC(=O)C(C#N)c1nc2cc(Cl)ccc2c(=O)[nH]1)C1CC1. The van der Waals surface area contributed by atoms with Gasteiger partial charge in [0.2, 0.25) is 0 Å². The molecule has 3 rings (SSSR count). The number of H-pyrrole nitrogens is 1. The van der Waals surface area contributed by atoms with E-state index in [2.05, 4.69) is 9.97 Å². The number of Topliss-reactive ketones (excluding diaryl/α,β-unsaturated/α-hetero) is 1. The first-order valence-electron chi connectivity index (χ1n) is 7.61. The van der Waals surface area contributed by atoms with Gasteiger partial charge in [0.25, 0.3) is 5.56 Å². The lowest BCUT2D eigenvalue weighted by Crippen LogP contribution is -2.21. The molecule has 2 atom stereocenters. The maximum Gasteiger partial charge on any atom is 0.258 e. The summed E-state index contributed by atoms with van der Waals surface area (Å²) in [7, 11) is 0. The van der Waals surface area contributed by atoms with Gasteiger partial charge in [0.15, 0.2) is 11.7 Å². The van der Waals surface area contributed by atoms with E-state index in [1.165, 1.54) is 0 Å². The third kappa shape index (κ3) is 3.27. The number of hydrogen-bond acceptors (Lipinski definition) is 4. The first kappa shape index (κ1) is 15.7. The highest BCUT2D eigenvalue weighted by molar-refractivity contribution is 6.31. The zero-order valence-corrected chi connectivity index (χ0v) is 13.4. The van der Waals surface area contributed by atoms with Crippen LogP contribution in [0, 0.1) is 23.2 Å². The van der Waals surface area contributed by atoms with Gasteiger partial charge in [0.1, 0.15) is 5.82 Å². The second-order valence-corrected chi connectivity index (χ2v) is 6.60. The van der Waals surface area contributed by atoms with Gasteiger partial charge in [0.05, 0.1) is 17.0 Å². The summed E-state index contributed by atoms with van der Waals surface area (Å²) < 4.78 is 0. The Bertz CT molecular complexity index is 864. The summed E-state index contributed by atoms with van der Waals surface area (Å²) in [5, 5.41) is 10.2. The zero-order valence-electron chi connectivity index (χ0n) is 12.7. The van der Waals surface area contributed by atoms with Crippen LogP contribution >= 0.6 is 11.6 Å². The number of hydrogen-bond donors (Lipinski definition) is 1. The summed E-state index contributed by atoms with van der Waals surface area (Å²) >= 11 is 5.93. The molecule has 1 aromatic carbocycles. The van der Waals surface area contributed by atoms with Crippen LogP contribution in [0.4, 0.5) is 0 Å². The number of carbonyl (C=O) groups excluding carboxylic acids is 1. The van der Waals surface area contributed by atoms with E-state index in [1.54, 1.807) is 18.2 Å². The number of fused-ring (bicyclic) bond motifs is 1. The van der Waals surface area contributed by atoms with Gasteiger partial charge in [-0.3, -0.25) is 9.59 Å². The molecule has 0 amide bonds. The van der Waals surface area contributed by atoms with Crippen molar-refractivity contribution in [3.05, 3.63) is 39.4 Å². The predicted octanol–water partition coefficient (Wildman–Crippen LogP) is 3.19. The number of nitrogens with zero attached hydrogens (tertiary/aromatic N) is 2. The molecular formula is C17H16ClN3O2. The Hall–Kier alpha value is -2.19. The Morgan fingerprint density at radius 1 is 1.52 bits per heavy atom. The molecule has 1 fully saturated rings. The quantitative estimate of drug-likeness (QED) is 0.912. The van der Waals surface area contributed by atoms with Crippen LogP contribution in [0.2, 0.25) is 5.02 Å². The molecular weight excluding hydrogens is 314 g/mol. The lowest BCUT2D eigenvalue weighted by Gasteiger charge is -2.12. The first-order chi connectivity index (χ1) is 11.0. The fourth-order valence-corrected chi connectivity index (χ4v) is 2.99.